The maximum absolute atomic E-state index is 11.5. The number of hydrazine groups is 2. The lowest BCUT2D eigenvalue weighted by molar-refractivity contribution is 0.0868. The van der Waals surface area contributed by atoms with E-state index in [1.807, 2.05) is 0 Å². The Hall–Kier alpha value is -2.48. The molecule has 0 atom stereocenters. The maximum Gasteiger partial charge on any atom is 0.271 e. The topological polar surface area (TPSA) is 154 Å². The first-order valence-corrected chi connectivity index (χ1v) is 4.20. The van der Waals surface area contributed by atoms with Gasteiger partial charge in [-0.05, 0) is 18.2 Å². The van der Waals surface area contributed by atoms with Crippen molar-refractivity contribution in [2.24, 2.45) is 11.6 Å². The third kappa shape index (κ3) is 2.51. The van der Waals surface area contributed by atoms with Crippen molar-refractivity contribution in [3.63, 3.8) is 0 Å². The zero-order valence-electron chi connectivity index (χ0n) is 8.27. The zero-order chi connectivity index (χ0) is 12.3. The van der Waals surface area contributed by atoms with Gasteiger partial charge in [0.25, 0.3) is 5.91 Å². The number of phenols is 1. The molecule has 0 aliphatic rings. The molecule has 0 saturated carbocycles. The van der Waals surface area contributed by atoms with Crippen molar-refractivity contribution in [2.45, 2.75) is 0 Å². The summed E-state index contributed by atoms with van der Waals surface area (Å²) in [6, 6.07) is 3.95. The summed E-state index contributed by atoms with van der Waals surface area (Å²) in [5, 5.41) is 16.8. The molecule has 0 saturated heterocycles. The molecule has 1 aromatic rings. The van der Waals surface area contributed by atoms with Crippen LogP contribution in [0.25, 0.3) is 0 Å². The Balaban J connectivity index is 2.81. The third-order valence-corrected chi connectivity index (χ3v) is 1.77. The Morgan fingerprint density at radius 1 is 1.50 bits per heavy atom. The summed E-state index contributed by atoms with van der Waals surface area (Å²) in [6.45, 7) is 0. The fourth-order valence-electron chi connectivity index (χ4n) is 0.919. The molecule has 86 valence electrons. The normalized spacial score (nSPS) is 9.56. The molecule has 0 radical (unpaired) electrons. The van der Waals surface area contributed by atoms with Gasteiger partial charge in [-0.2, -0.15) is 5.12 Å². The summed E-state index contributed by atoms with van der Waals surface area (Å²) in [4.78, 5) is 11.5. The molecule has 0 bridgehead atoms. The second kappa shape index (κ2) is 4.36. The first-order chi connectivity index (χ1) is 7.41. The van der Waals surface area contributed by atoms with Gasteiger partial charge < -0.3 is 16.6 Å². The number of hydrogen-bond donors (Lipinski definition) is 6. The molecule has 16 heavy (non-hydrogen) atoms. The number of phenolic OH excluding ortho intramolecular Hbond substituents is 1. The number of nitrogens with two attached hydrogens (primary N) is 3. The van der Waals surface area contributed by atoms with Crippen LogP contribution in [0.15, 0.2) is 18.2 Å². The van der Waals surface area contributed by atoms with Crippen LogP contribution in [0.1, 0.15) is 10.4 Å². The van der Waals surface area contributed by atoms with Crippen LogP contribution in [0.3, 0.4) is 0 Å². The number of carbonyl (C=O) groups excluding carboxylic acids is 1. The maximum atomic E-state index is 11.5. The summed E-state index contributed by atoms with van der Waals surface area (Å²) in [7, 11) is 0. The molecule has 1 aromatic carbocycles. The SMILES string of the molecule is N=C(N)N(N)NC(=O)c1ccc(N)c(O)c1. The molecule has 0 unspecified atom stereocenters. The highest BCUT2D eigenvalue weighted by Gasteiger charge is 2.10. The number of hydrogen-bond acceptors (Lipinski definition) is 5. The van der Waals surface area contributed by atoms with E-state index in [4.69, 9.17) is 22.7 Å². The van der Waals surface area contributed by atoms with Gasteiger partial charge in [-0.3, -0.25) is 10.2 Å². The number of guanidine groups is 1. The summed E-state index contributed by atoms with van der Waals surface area (Å²) in [5.74, 6) is 3.84. The number of aromatic hydroxyl groups is 1. The number of benzene rings is 1. The van der Waals surface area contributed by atoms with Crippen molar-refractivity contribution >= 4 is 17.6 Å². The van der Waals surface area contributed by atoms with Gasteiger partial charge in [0.1, 0.15) is 5.75 Å². The Bertz CT molecular complexity index is 433. The van der Waals surface area contributed by atoms with Crippen LogP contribution in [0.5, 0.6) is 5.75 Å². The van der Waals surface area contributed by atoms with E-state index in [2.05, 4.69) is 5.43 Å². The van der Waals surface area contributed by atoms with Gasteiger partial charge in [-0.25, -0.2) is 11.3 Å². The van der Waals surface area contributed by atoms with Crippen molar-refractivity contribution in [3.05, 3.63) is 23.8 Å². The summed E-state index contributed by atoms with van der Waals surface area (Å²) in [5.41, 5.74) is 12.8. The van der Waals surface area contributed by atoms with Gasteiger partial charge >= 0.3 is 0 Å². The molecule has 0 spiro atoms. The molecule has 8 heteroatoms. The second-order valence-corrected chi connectivity index (χ2v) is 2.97. The number of amides is 1. The molecule has 0 aromatic heterocycles. The van der Waals surface area contributed by atoms with Crippen molar-refractivity contribution < 1.29 is 9.90 Å². The molecule has 9 N–H and O–H groups in total. The van der Waals surface area contributed by atoms with E-state index in [1.165, 1.54) is 18.2 Å². The van der Waals surface area contributed by atoms with Gasteiger partial charge in [0, 0.05) is 5.56 Å². The van der Waals surface area contributed by atoms with Crippen LogP contribution in [0.4, 0.5) is 5.69 Å². The molecule has 1 rings (SSSR count). The van der Waals surface area contributed by atoms with Crippen LogP contribution < -0.4 is 22.7 Å². The van der Waals surface area contributed by atoms with Crippen LogP contribution in [0, 0.1) is 5.41 Å². The van der Waals surface area contributed by atoms with Crippen LogP contribution in [-0.2, 0) is 0 Å². The molecule has 8 nitrogen and oxygen atoms in total. The largest absolute Gasteiger partial charge is 0.506 e. The minimum atomic E-state index is -0.618. The number of nitrogen functional groups attached to an aromatic ring is 1. The summed E-state index contributed by atoms with van der Waals surface area (Å²) < 4.78 is 0. The van der Waals surface area contributed by atoms with E-state index in [0.717, 1.165) is 0 Å². The van der Waals surface area contributed by atoms with Crippen molar-refractivity contribution in [1.82, 2.24) is 10.5 Å². The third-order valence-electron chi connectivity index (χ3n) is 1.77. The Kier molecular flexibility index (Phi) is 3.16. The smallest absolute Gasteiger partial charge is 0.271 e. The minimum absolute atomic E-state index is 0.142. The van der Waals surface area contributed by atoms with E-state index in [-0.39, 0.29) is 17.0 Å². The van der Waals surface area contributed by atoms with Gasteiger partial charge in [0.2, 0.25) is 5.96 Å². The van der Waals surface area contributed by atoms with Crippen LogP contribution >= 0.6 is 0 Å². The fraction of sp³-hybridized carbons (Fsp3) is 0. The Morgan fingerprint density at radius 2 is 2.12 bits per heavy atom. The number of nitrogens with zero attached hydrogens (tertiary/aromatic N) is 1. The van der Waals surface area contributed by atoms with Gasteiger partial charge in [-0.15, -0.1) is 0 Å². The quantitative estimate of drug-likeness (QED) is 0.0868. The number of rotatable bonds is 1. The van der Waals surface area contributed by atoms with Crippen LogP contribution in [-0.4, -0.2) is 22.1 Å². The summed E-state index contributed by atoms with van der Waals surface area (Å²) >= 11 is 0. The molecular formula is C8H12N6O2. The first kappa shape index (κ1) is 11.6. The van der Waals surface area contributed by atoms with Crippen molar-refractivity contribution in [1.29, 1.82) is 5.41 Å². The molecular weight excluding hydrogens is 212 g/mol. The van der Waals surface area contributed by atoms with E-state index < -0.39 is 11.9 Å². The zero-order valence-corrected chi connectivity index (χ0v) is 8.27. The van der Waals surface area contributed by atoms with Gasteiger partial charge in [0.05, 0.1) is 5.69 Å². The van der Waals surface area contributed by atoms with Crippen molar-refractivity contribution in [3.8, 4) is 5.75 Å². The van der Waals surface area contributed by atoms with E-state index in [0.29, 0.717) is 5.12 Å². The molecule has 0 aliphatic heterocycles. The Morgan fingerprint density at radius 3 is 2.62 bits per heavy atom. The predicted molar refractivity (Wildman–Crippen MR) is 57.9 cm³/mol. The fourth-order valence-corrected chi connectivity index (χ4v) is 0.919. The Labute approximate surface area is 91.1 Å². The highest BCUT2D eigenvalue weighted by molar-refractivity contribution is 5.96. The van der Waals surface area contributed by atoms with E-state index >= 15 is 0 Å². The molecule has 0 fully saturated rings. The highest BCUT2D eigenvalue weighted by atomic mass is 16.3. The minimum Gasteiger partial charge on any atom is -0.506 e. The first-order valence-electron chi connectivity index (χ1n) is 4.20. The average molecular weight is 224 g/mol. The monoisotopic (exact) mass is 224 g/mol. The van der Waals surface area contributed by atoms with Gasteiger partial charge in [-0.1, -0.05) is 0 Å². The molecule has 0 heterocycles. The van der Waals surface area contributed by atoms with Crippen molar-refractivity contribution in [2.75, 3.05) is 5.73 Å². The highest BCUT2D eigenvalue weighted by Crippen LogP contribution is 2.20. The number of nitrogens with one attached hydrogen (secondary N) is 2. The number of anilines is 1. The van der Waals surface area contributed by atoms with E-state index in [9.17, 15) is 9.90 Å². The second-order valence-electron chi connectivity index (χ2n) is 2.97. The summed E-state index contributed by atoms with van der Waals surface area (Å²) in [6.07, 6.45) is 0. The van der Waals surface area contributed by atoms with Gasteiger partial charge in [0.15, 0.2) is 0 Å². The van der Waals surface area contributed by atoms with Crippen LogP contribution in [0.2, 0.25) is 0 Å². The lowest BCUT2D eigenvalue weighted by atomic mass is 10.2. The molecule has 1 amide bonds. The lowest BCUT2D eigenvalue weighted by Gasteiger charge is -2.16. The lowest BCUT2D eigenvalue weighted by Crippen LogP contribution is -2.53. The standard InChI is InChI=1S/C8H12N6O2/c9-5-2-1-4(3-6(5)15)7(16)13-14(12)8(10)11/h1-3,15H,9,12H2,(H3,10,11)(H,13,16). The number of carbonyl (C=O) groups is 1. The molecule has 0 aliphatic carbocycles. The predicted octanol–water partition coefficient (Wildman–Crippen LogP) is -1.31. The average Bonchev–Trinajstić information content (AvgIpc) is 2.21. The van der Waals surface area contributed by atoms with E-state index in [1.54, 1.807) is 0 Å².